The van der Waals surface area contributed by atoms with Gasteiger partial charge in [-0.15, -0.1) is 0 Å². The summed E-state index contributed by atoms with van der Waals surface area (Å²) < 4.78 is 6.16. The first kappa shape index (κ1) is 18.3. The molecule has 0 fully saturated rings. The third kappa shape index (κ3) is 4.36. The van der Waals surface area contributed by atoms with Gasteiger partial charge in [-0.05, 0) is 54.4 Å². The molecule has 0 spiro atoms. The van der Waals surface area contributed by atoms with Crippen LogP contribution in [0.1, 0.15) is 21.5 Å². The zero-order chi connectivity index (χ0) is 19.2. The minimum Gasteiger partial charge on any atom is -0.497 e. The Morgan fingerprint density at radius 3 is 2.48 bits per heavy atom. The van der Waals surface area contributed by atoms with Gasteiger partial charge in [-0.25, -0.2) is 0 Å². The van der Waals surface area contributed by atoms with Gasteiger partial charge in [0.15, 0.2) is 0 Å². The Morgan fingerprint density at radius 1 is 1.04 bits per heavy atom. The maximum Gasteiger partial charge on any atom is 0.295 e. The van der Waals surface area contributed by atoms with E-state index in [1.165, 1.54) is 12.3 Å². The van der Waals surface area contributed by atoms with Gasteiger partial charge in [-0.2, -0.15) is 4.73 Å². The van der Waals surface area contributed by atoms with Gasteiger partial charge in [0, 0.05) is 11.9 Å². The van der Waals surface area contributed by atoms with Crippen LogP contribution in [-0.2, 0) is 6.61 Å². The van der Waals surface area contributed by atoms with Crippen molar-refractivity contribution in [2.75, 3.05) is 12.4 Å². The van der Waals surface area contributed by atoms with Gasteiger partial charge in [0.05, 0.1) is 7.11 Å². The third-order valence-corrected chi connectivity index (χ3v) is 4.13. The average molecular weight is 364 g/mol. The second kappa shape index (κ2) is 8.23. The number of hydrogen-bond acceptors (Lipinski definition) is 4. The molecule has 1 heterocycles. The third-order valence-electron chi connectivity index (χ3n) is 4.13. The molecule has 0 saturated heterocycles. The zero-order valence-corrected chi connectivity index (χ0v) is 15.1. The van der Waals surface area contributed by atoms with E-state index in [2.05, 4.69) is 5.32 Å². The van der Waals surface area contributed by atoms with Gasteiger partial charge in [0.1, 0.15) is 17.9 Å². The number of aromatic nitrogens is 1. The molecule has 3 aromatic rings. The van der Waals surface area contributed by atoms with Crippen molar-refractivity contribution in [1.29, 1.82) is 0 Å². The number of anilines is 1. The van der Waals surface area contributed by atoms with Crippen LogP contribution < -0.4 is 20.5 Å². The summed E-state index contributed by atoms with van der Waals surface area (Å²) in [6.45, 7) is 2.20. The number of aryl methyl sites for hydroxylation is 1. The van der Waals surface area contributed by atoms with Gasteiger partial charge in [0.2, 0.25) is 0 Å². The highest BCUT2D eigenvalue weighted by Crippen LogP contribution is 2.15. The topological polar surface area (TPSA) is 69.6 Å². The highest BCUT2D eigenvalue weighted by molar-refractivity contribution is 6.03. The fraction of sp³-hybridized carbons (Fsp3) is 0.143. The van der Waals surface area contributed by atoms with Crippen LogP contribution in [-0.4, -0.2) is 17.7 Å². The van der Waals surface area contributed by atoms with Crippen molar-refractivity contribution in [2.45, 2.75) is 13.5 Å². The largest absolute Gasteiger partial charge is 0.497 e. The fourth-order valence-electron chi connectivity index (χ4n) is 2.53. The number of benzene rings is 2. The maximum atomic E-state index is 12.6. The average Bonchev–Trinajstić information content (AvgIpc) is 2.69. The van der Waals surface area contributed by atoms with E-state index in [1.54, 1.807) is 37.4 Å². The van der Waals surface area contributed by atoms with Gasteiger partial charge < -0.3 is 14.9 Å². The summed E-state index contributed by atoms with van der Waals surface area (Å²) in [5.74, 6) is 0.179. The van der Waals surface area contributed by atoms with Crippen LogP contribution in [0.4, 0.5) is 5.69 Å². The molecule has 2 aromatic carbocycles. The van der Waals surface area contributed by atoms with Crippen LogP contribution in [0.15, 0.2) is 71.7 Å². The van der Waals surface area contributed by atoms with Gasteiger partial charge in [-0.3, -0.25) is 9.59 Å². The van der Waals surface area contributed by atoms with Crippen LogP contribution in [0.3, 0.4) is 0 Å². The second-order valence-corrected chi connectivity index (χ2v) is 5.94. The van der Waals surface area contributed by atoms with Crippen LogP contribution in [0.5, 0.6) is 5.75 Å². The Hall–Kier alpha value is -3.54. The predicted octanol–water partition coefficient (Wildman–Crippen LogP) is 3.05. The molecular formula is C21H20N2O4. The molecule has 0 radical (unpaired) electrons. The van der Waals surface area contributed by atoms with Gasteiger partial charge in [0.25, 0.3) is 11.5 Å². The molecule has 0 unspecified atom stereocenters. The van der Waals surface area contributed by atoms with E-state index in [9.17, 15) is 9.59 Å². The zero-order valence-electron chi connectivity index (χ0n) is 15.1. The number of pyridine rings is 1. The molecule has 0 aliphatic carbocycles. The summed E-state index contributed by atoms with van der Waals surface area (Å²) in [6.07, 6.45) is 1.49. The number of carbonyl (C=O) groups excluding carboxylic acids is 1. The number of ether oxygens (including phenoxy) is 1. The lowest BCUT2D eigenvalue weighted by Crippen LogP contribution is -2.32. The lowest BCUT2D eigenvalue weighted by atomic mass is 10.1. The maximum absolute atomic E-state index is 12.6. The molecule has 0 saturated carbocycles. The number of methoxy groups -OCH3 is 1. The Balaban J connectivity index is 1.74. The molecule has 6 nitrogen and oxygen atoms in total. The van der Waals surface area contributed by atoms with Crippen LogP contribution in [0.2, 0.25) is 0 Å². The van der Waals surface area contributed by atoms with E-state index >= 15 is 0 Å². The number of rotatable bonds is 6. The molecule has 0 aliphatic heterocycles. The standard InChI is InChI=1S/C21H20N2O4/c1-15-6-3-4-7-16(15)14-27-23-13-5-8-19(21(23)25)20(24)22-17-9-11-18(26-2)12-10-17/h3-13H,14H2,1-2H3,(H,22,24). The molecule has 0 aliphatic rings. The minimum atomic E-state index is -0.517. The molecule has 27 heavy (non-hydrogen) atoms. The van der Waals surface area contributed by atoms with Gasteiger partial charge in [-0.1, -0.05) is 24.3 Å². The fourth-order valence-corrected chi connectivity index (χ4v) is 2.53. The lowest BCUT2D eigenvalue weighted by Gasteiger charge is -2.11. The second-order valence-electron chi connectivity index (χ2n) is 5.94. The van der Waals surface area contributed by atoms with E-state index in [4.69, 9.17) is 9.57 Å². The summed E-state index contributed by atoms with van der Waals surface area (Å²) in [5.41, 5.74) is 2.09. The molecule has 1 N–H and O–H groups in total. The lowest BCUT2D eigenvalue weighted by molar-refractivity contribution is 0.0861. The monoisotopic (exact) mass is 364 g/mol. The first-order valence-electron chi connectivity index (χ1n) is 8.43. The van der Waals surface area contributed by atoms with Crippen molar-refractivity contribution in [3.05, 3.63) is 93.9 Å². The number of carbonyl (C=O) groups is 1. The number of hydrogen-bond donors (Lipinski definition) is 1. The Morgan fingerprint density at radius 2 is 1.78 bits per heavy atom. The summed E-state index contributed by atoms with van der Waals surface area (Å²) in [4.78, 5) is 30.6. The molecule has 0 atom stereocenters. The summed E-state index contributed by atoms with van der Waals surface area (Å²) in [6, 6.07) is 17.7. The molecule has 138 valence electrons. The molecular weight excluding hydrogens is 344 g/mol. The summed E-state index contributed by atoms with van der Waals surface area (Å²) in [5, 5.41) is 2.70. The molecule has 1 amide bonds. The van der Waals surface area contributed by atoms with E-state index in [1.807, 2.05) is 31.2 Å². The van der Waals surface area contributed by atoms with Crippen LogP contribution >= 0.6 is 0 Å². The van der Waals surface area contributed by atoms with Crippen molar-refractivity contribution >= 4 is 11.6 Å². The number of nitrogens with one attached hydrogen (secondary N) is 1. The highest BCUT2D eigenvalue weighted by Gasteiger charge is 2.13. The smallest absolute Gasteiger partial charge is 0.295 e. The highest BCUT2D eigenvalue weighted by atomic mass is 16.7. The van der Waals surface area contributed by atoms with E-state index in [0.29, 0.717) is 11.4 Å². The van der Waals surface area contributed by atoms with Gasteiger partial charge >= 0.3 is 0 Å². The van der Waals surface area contributed by atoms with Crippen LogP contribution in [0.25, 0.3) is 0 Å². The molecule has 0 bridgehead atoms. The van der Waals surface area contributed by atoms with Crippen molar-refractivity contribution in [1.82, 2.24) is 4.73 Å². The Labute approximate surface area is 156 Å². The number of amides is 1. The predicted molar refractivity (Wildman–Crippen MR) is 103 cm³/mol. The molecule has 6 heteroatoms. The SMILES string of the molecule is COc1ccc(NC(=O)c2cccn(OCc3ccccc3C)c2=O)cc1. The first-order chi connectivity index (χ1) is 13.1. The minimum absolute atomic E-state index is 0.00176. The summed E-state index contributed by atoms with van der Waals surface area (Å²) >= 11 is 0. The number of nitrogens with zero attached hydrogens (tertiary/aromatic N) is 1. The molecule has 1 aromatic heterocycles. The van der Waals surface area contributed by atoms with Crippen LogP contribution in [0, 0.1) is 6.92 Å². The summed E-state index contributed by atoms with van der Waals surface area (Å²) in [7, 11) is 1.57. The Bertz CT molecular complexity index is 994. The van der Waals surface area contributed by atoms with E-state index < -0.39 is 11.5 Å². The molecule has 3 rings (SSSR count). The normalized spacial score (nSPS) is 10.3. The van der Waals surface area contributed by atoms with Crippen molar-refractivity contribution in [3.63, 3.8) is 0 Å². The first-order valence-corrected chi connectivity index (χ1v) is 8.43. The van der Waals surface area contributed by atoms with E-state index in [0.717, 1.165) is 15.9 Å². The van der Waals surface area contributed by atoms with E-state index in [-0.39, 0.29) is 12.2 Å². The van der Waals surface area contributed by atoms with Crippen molar-refractivity contribution in [2.24, 2.45) is 0 Å². The quantitative estimate of drug-likeness (QED) is 0.730. The Kier molecular flexibility index (Phi) is 5.56. The van der Waals surface area contributed by atoms with Crippen molar-refractivity contribution < 1.29 is 14.4 Å². The van der Waals surface area contributed by atoms with Crippen molar-refractivity contribution in [3.8, 4) is 5.75 Å².